The van der Waals surface area contributed by atoms with Crippen molar-refractivity contribution in [1.82, 2.24) is 0 Å². The third-order valence-corrected chi connectivity index (χ3v) is 0. The topological polar surface area (TPSA) is 43.3 Å². The SMILES string of the molecule is [H-].[Na+].[O-][Cl+]O. The minimum Gasteiger partial charge on any atom is -1.00 e. The largest absolute Gasteiger partial charge is 1.00 e. The van der Waals surface area contributed by atoms with Crippen molar-refractivity contribution < 1.29 is 51.6 Å². The van der Waals surface area contributed by atoms with E-state index < -0.39 is 0 Å². The van der Waals surface area contributed by atoms with Crippen LogP contribution in [0.2, 0.25) is 0 Å². The molecular weight excluding hydrogens is 90.4 g/mol. The molecule has 22 valence electrons. The predicted molar refractivity (Wildman–Crippen MR) is 3.33 cm³/mol. The van der Waals surface area contributed by atoms with Crippen LogP contribution in [-0.4, -0.2) is 4.66 Å². The Bertz CT molecular complexity index is 9.61. The molecule has 0 heterocycles. The molecule has 0 aromatic heterocycles. The summed E-state index contributed by atoms with van der Waals surface area (Å²) in [6, 6.07) is 0. The molecule has 0 aromatic rings. The summed E-state index contributed by atoms with van der Waals surface area (Å²) < 4.78 is 15.2. The average Bonchev–Trinajstić information content (AvgIpc) is 0.918. The average molecular weight is 92.5 g/mol. The minimum absolute atomic E-state index is 0. The second-order valence-corrected chi connectivity index (χ2v) is 0.207. The predicted octanol–water partition coefficient (Wildman–Crippen LogP) is -4.63. The van der Waals surface area contributed by atoms with Crippen molar-refractivity contribution in [3.05, 3.63) is 0 Å². The van der Waals surface area contributed by atoms with Gasteiger partial charge >= 0.3 is 40.9 Å². The molecule has 0 bridgehead atoms. The molecular formula is H2ClNaO2. The summed E-state index contributed by atoms with van der Waals surface area (Å²) in [5.41, 5.74) is 0. The Hall–Kier alpha value is 1.21. The van der Waals surface area contributed by atoms with Gasteiger partial charge < -0.3 is 6.09 Å². The van der Waals surface area contributed by atoms with Gasteiger partial charge in [-0.15, -0.1) is 4.66 Å². The maximum absolute atomic E-state index is 8.35. The quantitative estimate of drug-likeness (QED) is 0.306. The Morgan fingerprint density at radius 1 is 2.00 bits per heavy atom. The number of halogens is 1. The summed E-state index contributed by atoms with van der Waals surface area (Å²) in [7, 11) is 0. The molecule has 0 rings (SSSR count). The summed E-state index contributed by atoms with van der Waals surface area (Å²) >= 11 is -0.167. The monoisotopic (exact) mass is 92.0 g/mol. The van der Waals surface area contributed by atoms with E-state index in [1.54, 1.807) is 0 Å². The number of rotatable bonds is 0. The van der Waals surface area contributed by atoms with Crippen molar-refractivity contribution in [2.24, 2.45) is 0 Å². The Balaban J connectivity index is -0.0000000200. The van der Waals surface area contributed by atoms with Crippen molar-refractivity contribution in [3.8, 4) is 0 Å². The summed E-state index contributed by atoms with van der Waals surface area (Å²) in [4.78, 5) is 0. The van der Waals surface area contributed by atoms with E-state index in [1.165, 1.54) is 0 Å². The van der Waals surface area contributed by atoms with Gasteiger partial charge in [-0.05, 0) is 0 Å². The smallest absolute Gasteiger partial charge is 1.00 e. The zero-order valence-electron chi connectivity index (χ0n) is 3.23. The van der Waals surface area contributed by atoms with Crippen LogP contribution in [0, 0.1) is 11.3 Å². The molecule has 0 aromatic carbocycles. The standard InChI is InChI=1S/ClHO2.Na.H/c2-1-3;;/h2H;;/q;+1;-1. The Kier molecular flexibility index (Phi) is 19.9. The summed E-state index contributed by atoms with van der Waals surface area (Å²) in [6.45, 7) is 0. The molecule has 0 saturated carbocycles. The van der Waals surface area contributed by atoms with Crippen molar-refractivity contribution in [2.45, 2.75) is 0 Å². The van der Waals surface area contributed by atoms with Crippen LogP contribution in [0.15, 0.2) is 0 Å². The Labute approximate surface area is 51.7 Å². The van der Waals surface area contributed by atoms with Crippen LogP contribution >= 0.6 is 0 Å². The van der Waals surface area contributed by atoms with E-state index in [9.17, 15) is 0 Å². The molecule has 0 atom stereocenters. The fourth-order valence-corrected chi connectivity index (χ4v) is 0. The van der Waals surface area contributed by atoms with Crippen LogP contribution in [0.1, 0.15) is 1.43 Å². The van der Waals surface area contributed by atoms with Gasteiger partial charge in [-0.1, -0.05) is 0 Å². The van der Waals surface area contributed by atoms with Crippen molar-refractivity contribution >= 4 is 0 Å². The minimum atomic E-state index is -0.167. The summed E-state index contributed by atoms with van der Waals surface area (Å²) in [6.07, 6.45) is 0. The summed E-state index contributed by atoms with van der Waals surface area (Å²) in [5, 5.41) is 0. The second kappa shape index (κ2) is 8.88. The fraction of sp³-hybridized carbons (Fsp3) is 0. The van der Waals surface area contributed by atoms with E-state index >= 15 is 0 Å². The molecule has 0 aliphatic heterocycles. The van der Waals surface area contributed by atoms with Crippen LogP contribution in [0.5, 0.6) is 0 Å². The van der Waals surface area contributed by atoms with Crippen LogP contribution in [0.3, 0.4) is 0 Å². The Morgan fingerprint density at radius 3 is 2.00 bits per heavy atom. The van der Waals surface area contributed by atoms with Gasteiger partial charge in [0.25, 0.3) is 0 Å². The van der Waals surface area contributed by atoms with Gasteiger partial charge in [0.1, 0.15) is 0 Å². The van der Waals surface area contributed by atoms with E-state index in [2.05, 4.69) is 0 Å². The molecule has 0 radical (unpaired) electrons. The molecule has 0 aliphatic carbocycles. The second-order valence-electron chi connectivity index (χ2n) is 0.0690. The third-order valence-electron chi connectivity index (χ3n) is 0. The molecule has 0 spiro atoms. The molecule has 4 heteroatoms. The Morgan fingerprint density at radius 2 is 2.00 bits per heavy atom. The normalized spacial score (nSPS) is 4.50. The van der Waals surface area contributed by atoms with Crippen molar-refractivity contribution in [3.63, 3.8) is 0 Å². The fourth-order valence-electron chi connectivity index (χ4n) is 0. The zero-order valence-corrected chi connectivity index (χ0v) is 4.99. The third kappa shape index (κ3) is 10.7. The van der Waals surface area contributed by atoms with Crippen LogP contribution in [0.25, 0.3) is 0 Å². The first-order valence-electron chi connectivity index (χ1n) is 0.323. The first-order chi connectivity index (χ1) is 1.41. The van der Waals surface area contributed by atoms with E-state index in [0.717, 1.165) is 0 Å². The van der Waals surface area contributed by atoms with E-state index in [4.69, 9.17) is 9.32 Å². The van der Waals surface area contributed by atoms with Gasteiger partial charge in [0, 0.05) is 0 Å². The first kappa shape index (κ1) is 8.96. The van der Waals surface area contributed by atoms with Crippen LogP contribution < -0.4 is 34.2 Å². The maximum Gasteiger partial charge on any atom is 1.00 e. The van der Waals surface area contributed by atoms with Crippen LogP contribution in [0.4, 0.5) is 0 Å². The van der Waals surface area contributed by atoms with Gasteiger partial charge in [-0.3, -0.25) is 0 Å². The van der Waals surface area contributed by atoms with Gasteiger partial charge in [-0.2, -0.15) is 0 Å². The van der Waals surface area contributed by atoms with E-state index in [0.29, 0.717) is 0 Å². The van der Waals surface area contributed by atoms with Crippen molar-refractivity contribution in [1.29, 1.82) is 0 Å². The van der Waals surface area contributed by atoms with Gasteiger partial charge in [0.05, 0.1) is 0 Å². The first-order valence-corrected chi connectivity index (χ1v) is 0.970. The summed E-state index contributed by atoms with van der Waals surface area (Å²) in [5.74, 6) is 0. The molecule has 1 N–H and O–H groups in total. The van der Waals surface area contributed by atoms with E-state index in [1.807, 2.05) is 0 Å². The molecule has 0 aliphatic rings. The molecule has 0 amide bonds. The van der Waals surface area contributed by atoms with Crippen molar-refractivity contribution in [2.75, 3.05) is 0 Å². The maximum atomic E-state index is 8.35. The molecule has 0 fully saturated rings. The number of hydrogen-bond donors (Lipinski definition) is 1. The van der Waals surface area contributed by atoms with Gasteiger partial charge in [0.2, 0.25) is 0 Å². The van der Waals surface area contributed by atoms with Gasteiger partial charge in [0.15, 0.2) is 0 Å². The van der Waals surface area contributed by atoms with Crippen LogP contribution in [-0.2, 0) is 0 Å². The zero-order chi connectivity index (χ0) is 2.71. The molecule has 2 nitrogen and oxygen atoms in total. The molecule has 4 heavy (non-hydrogen) atoms. The molecule has 0 unspecified atom stereocenters. The van der Waals surface area contributed by atoms with Gasteiger partial charge in [-0.25, -0.2) is 0 Å². The molecule has 0 saturated heterocycles. The van der Waals surface area contributed by atoms with E-state index in [-0.39, 0.29) is 42.3 Å². The number of hydrogen-bond acceptors (Lipinski definition) is 2.